The second-order valence-electron chi connectivity index (χ2n) is 8.56. The summed E-state index contributed by atoms with van der Waals surface area (Å²) < 4.78 is 27.1. The van der Waals surface area contributed by atoms with Crippen molar-refractivity contribution in [3.05, 3.63) is 78.1 Å². The third kappa shape index (κ3) is 4.80. The van der Waals surface area contributed by atoms with E-state index in [1.807, 2.05) is 81.4 Å². The van der Waals surface area contributed by atoms with Gasteiger partial charge in [0.05, 0.1) is 13.2 Å². The van der Waals surface area contributed by atoms with Gasteiger partial charge in [0.1, 0.15) is 16.2 Å². The lowest BCUT2D eigenvalue weighted by molar-refractivity contribution is 0.413. The minimum absolute atomic E-state index is 0.287. The first kappa shape index (κ1) is 22.3. The van der Waals surface area contributed by atoms with Crippen molar-refractivity contribution in [2.75, 3.05) is 7.11 Å². The molecular weight excluding hydrogens is 422 g/mol. The zero-order chi connectivity index (χ0) is 22.7. The molecule has 7 heteroatoms. The van der Waals surface area contributed by atoms with E-state index in [1.54, 1.807) is 13.3 Å². The van der Waals surface area contributed by atoms with E-state index in [1.165, 1.54) is 0 Å². The number of rotatable bonds is 7. The van der Waals surface area contributed by atoms with Crippen LogP contribution in [-0.4, -0.2) is 26.6 Å². The smallest absolute Gasteiger partial charge is 0.167 e. The second kappa shape index (κ2) is 9.32. The Kier molecular flexibility index (Phi) is 6.50. The first-order chi connectivity index (χ1) is 15.4. The summed E-state index contributed by atoms with van der Waals surface area (Å²) in [6.07, 6.45) is 2.32. The SMILES string of the molecule is COc1ccc(-c2noc3ccccc23)c([C@H](Cc2ccccn2)N[S+]([O-])C(C)(C)C)c1. The standard InChI is InChI=1S/C25H27N3O3S/c1-25(2,3)32(29)28-22(15-17-9-7-8-14-26-17)21-16-18(30-4)12-13-19(21)24-20-10-5-6-11-23(20)31-27-24/h5-14,16,22,28H,15H2,1-4H3/t22-,32?/m0/s1. The first-order valence-electron chi connectivity index (χ1n) is 10.5. The van der Waals surface area contributed by atoms with Crippen LogP contribution in [0.5, 0.6) is 5.75 Å². The fraction of sp³-hybridized carbons (Fsp3) is 0.280. The van der Waals surface area contributed by atoms with Crippen LogP contribution in [0.15, 0.2) is 71.4 Å². The summed E-state index contributed by atoms with van der Waals surface area (Å²) in [5.41, 5.74) is 4.18. The van der Waals surface area contributed by atoms with Gasteiger partial charge in [0, 0.05) is 40.6 Å². The number of pyridine rings is 1. The fourth-order valence-corrected chi connectivity index (χ4v) is 4.32. The number of para-hydroxylation sites is 1. The Hall–Kier alpha value is -2.87. The lowest BCUT2D eigenvalue weighted by Crippen LogP contribution is -2.42. The van der Waals surface area contributed by atoms with Crippen molar-refractivity contribution in [3.63, 3.8) is 0 Å². The third-order valence-corrected chi connectivity index (χ3v) is 6.82. The molecule has 0 aliphatic carbocycles. The number of ether oxygens (including phenoxy) is 1. The summed E-state index contributed by atoms with van der Waals surface area (Å²) in [7, 11) is 1.64. The van der Waals surface area contributed by atoms with E-state index in [0.717, 1.165) is 33.5 Å². The molecule has 4 rings (SSSR count). The predicted octanol–water partition coefficient (Wildman–Crippen LogP) is 5.23. The molecule has 32 heavy (non-hydrogen) atoms. The number of fused-ring (bicyclic) bond motifs is 1. The van der Waals surface area contributed by atoms with Crippen molar-refractivity contribution in [2.24, 2.45) is 0 Å². The summed E-state index contributed by atoms with van der Waals surface area (Å²) in [6.45, 7) is 5.85. The van der Waals surface area contributed by atoms with E-state index in [0.29, 0.717) is 12.2 Å². The quantitative estimate of drug-likeness (QED) is 0.389. The lowest BCUT2D eigenvalue weighted by atomic mass is 9.94. The minimum Gasteiger partial charge on any atom is -0.598 e. The molecule has 2 aromatic heterocycles. The molecule has 6 nitrogen and oxygen atoms in total. The highest BCUT2D eigenvalue weighted by atomic mass is 32.2. The maximum absolute atomic E-state index is 13.1. The van der Waals surface area contributed by atoms with Crippen LogP contribution in [0.3, 0.4) is 0 Å². The first-order valence-corrected chi connectivity index (χ1v) is 11.6. The molecule has 166 valence electrons. The Morgan fingerprint density at radius 1 is 1.09 bits per heavy atom. The molecule has 0 aliphatic heterocycles. The van der Waals surface area contributed by atoms with E-state index in [-0.39, 0.29) is 6.04 Å². The van der Waals surface area contributed by atoms with Gasteiger partial charge in [0.15, 0.2) is 5.58 Å². The van der Waals surface area contributed by atoms with Crippen molar-refractivity contribution < 1.29 is 13.8 Å². The topological polar surface area (TPSA) is 83.2 Å². The van der Waals surface area contributed by atoms with Crippen molar-refractivity contribution in [3.8, 4) is 17.0 Å². The monoisotopic (exact) mass is 449 g/mol. The Balaban J connectivity index is 1.85. The Morgan fingerprint density at radius 3 is 2.59 bits per heavy atom. The molecule has 0 saturated heterocycles. The molecule has 2 heterocycles. The normalized spacial score (nSPS) is 13.8. The number of hydrogen-bond donors (Lipinski definition) is 1. The van der Waals surface area contributed by atoms with Gasteiger partial charge in [0.2, 0.25) is 0 Å². The highest BCUT2D eigenvalue weighted by Gasteiger charge is 2.32. The molecule has 0 aliphatic rings. The van der Waals surface area contributed by atoms with Crippen LogP contribution < -0.4 is 9.46 Å². The van der Waals surface area contributed by atoms with Gasteiger partial charge < -0.3 is 13.8 Å². The van der Waals surface area contributed by atoms with Crippen LogP contribution in [0.2, 0.25) is 0 Å². The maximum Gasteiger partial charge on any atom is 0.167 e. The molecule has 0 amide bonds. The molecule has 0 fully saturated rings. The molecule has 2 atom stereocenters. The van der Waals surface area contributed by atoms with Crippen molar-refractivity contribution in [2.45, 2.75) is 38.0 Å². The number of hydrogen-bond acceptors (Lipinski definition) is 6. The molecule has 4 aromatic rings. The van der Waals surface area contributed by atoms with Gasteiger partial charge in [0.25, 0.3) is 0 Å². The average Bonchev–Trinajstić information content (AvgIpc) is 3.22. The van der Waals surface area contributed by atoms with Crippen LogP contribution >= 0.6 is 0 Å². The highest BCUT2D eigenvalue weighted by Crippen LogP contribution is 2.37. The van der Waals surface area contributed by atoms with Gasteiger partial charge in [-0.25, -0.2) is 0 Å². The molecule has 2 aromatic carbocycles. The Morgan fingerprint density at radius 2 is 1.88 bits per heavy atom. The summed E-state index contributed by atoms with van der Waals surface area (Å²) >= 11 is -1.29. The van der Waals surface area contributed by atoms with Gasteiger partial charge >= 0.3 is 0 Å². The summed E-state index contributed by atoms with van der Waals surface area (Å²) in [4.78, 5) is 4.49. The Bertz CT molecular complexity index is 1190. The second-order valence-corrected chi connectivity index (χ2v) is 10.6. The van der Waals surface area contributed by atoms with Crippen LogP contribution in [0.1, 0.15) is 38.1 Å². The Labute approximate surface area is 191 Å². The van der Waals surface area contributed by atoms with Crippen molar-refractivity contribution in [1.29, 1.82) is 0 Å². The van der Waals surface area contributed by atoms with Crippen molar-refractivity contribution >= 4 is 22.3 Å². The number of methoxy groups -OCH3 is 1. The van der Waals surface area contributed by atoms with Crippen molar-refractivity contribution in [1.82, 2.24) is 14.9 Å². The predicted molar refractivity (Wildman–Crippen MR) is 128 cm³/mol. The largest absolute Gasteiger partial charge is 0.598 e. The lowest BCUT2D eigenvalue weighted by Gasteiger charge is -2.29. The molecular formula is C25H27N3O3S. The molecule has 1 unspecified atom stereocenters. The summed E-state index contributed by atoms with van der Waals surface area (Å²) in [6, 6.07) is 19.2. The highest BCUT2D eigenvalue weighted by molar-refractivity contribution is 7.90. The molecule has 1 N–H and O–H groups in total. The molecule has 0 spiro atoms. The minimum atomic E-state index is -1.29. The van der Waals surface area contributed by atoms with Gasteiger partial charge in [-0.05, 0) is 68.8 Å². The number of aromatic nitrogens is 2. The van der Waals surface area contributed by atoms with E-state index < -0.39 is 16.1 Å². The van der Waals surface area contributed by atoms with Crippen LogP contribution in [0.25, 0.3) is 22.2 Å². The number of nitrogens with zero attached hydrogens (tertiary/aromatic N) is 2. The van der Waals surface area contributed by atoms with Gasteiger partial charge in [-0.15, -0.1) is 4.72 Å². The van der Waals surface area contributed by atoms with Gasteiger partial charge in [-0.2, -0.15) is 0 Å². The van der Waals surface area contributed by atoms with E-state index >= 15 is 0 Å². The fourth-order valence-electron chi connectivity index (χ4n) is 3.50. The van der Waals surface area contributed by atoms with E-state index in [4.69, 9.17) is 9.26 Å². The van der Waals surface area contributed by atoms with E-state index in [2.05, 4.69) is 14.9 Å². The zero-order valence-corrected chi connectivity index (χ0v) is 19.5. The molecule has 0 saturated carbocycles. The van der Waals surface area contributed by atoms with Gasteiger partial charge in [-0.3, -0.25) is 4.98 Å². The van der Waals surface area contributed by atoms with E-state index in [9.17, 15) is 4.55 Å². The number of nitrogens with one attached hydrogen (secondary N) is 1. The zero-order valence-electron chi connectivity index (χ0n) is 18.7. The third-order valence-electron chi connectivity index (χ3n) is 5.21. The summed E-state index contributed by atoms with van der Waals surface area (Å²) in [5, 5.41) is 5.29. The molecule has 0 bridgehead atoms. The van der Waals surface area contributed by atoms with Gasteiger partial charge in [-0.1, -0.05) is 23.4 Å². The van der Waals surface area contributed by atoms with Crippen LogP contribution in [0, 0.1) is 0 Å². The number of benzene rings is 2. The molecule has 0 radical (unpaired) electrons. The average molecular weight is 450 g/mol. The summed E-state index contributed by atoms with van der Waals surface area (Å²) in [5.74, 6) is 0.714. The van der Waals surface area contributed by atoms with Crippen LogP contribution in [-0.2, 0) is 17.8 Å². The van der Waals surface area contributed by atoms with Crippen LogP contribution in [0.4, 0.5) is 0 Å². The maximum atomic E-state index is 13.1.